The summed E-state index contributed by atoms with van der Waals surface area (Å²) in [6.45, 7) is 1.57. The Hall–Kier alpha value is -2.71. The number of methoxy groups -OCH3 is 1. The predicted molar refractivity (Wildman–Crippen MR) is 141 cm³/mol. The second-order valence-electron chi connectivity index (χ2n) is 8.91. The molecule has 0 saturated carbocycles. The van der Waals surface area contributed by atoms with E-state index in [2.05, 4.69) is 24.3 Å². The van der Waals surface area contributed by atoms with E-state index in [1.807, 2.05) is 35.2 Å². The van der Waals surface area contributed by atoms with E-state index in [1.165, 1.54) is 17.3 Å². The van der Waals surface area contributed by atoms with Crippen LogP contribution in [0, 0.1) is 5.92 Å². The lowest BCUT2D eigenvalue weighted by Gasteiger charge is -2.32. The first-order valence-corrected chi connectivity index (χ1v) is 14.0. The molecule has 2 aromatic carbocycles. The van der Waals surface area contributed by atoms with Gasteiger partial charge in [-0.15, -0.1) is 11.8 Å². The molecule has 0 bridgehead atoms. The van der Waals surface area contributed by atoms with Crippen LogP contribution in [0.3, 0.4) is 0 Å². The zero-order chi connectivity index (χ0) is 24.2. The Morgan fingerprint density at radius 3 is 2.71 bits per heavy atom. The number of piperidine rings is 1. The number of likely N-dealkylation sites (tertiary alicyclic amines) is 1. The van der Waals surface area contributed by atoms with Gasteiger partial charge >= 0.3 is 0 Å². The van der Waals surface area contributed by atoms with Crippen LogP contribution in [-0.2, 0) is 17.6 Å². The van der Waals surface area contributed by atoms with Crippen molar-refractivity contribution in [2.24, 2.45) is 5.92 Å². The van der Waals surface area contributed by atoms with Gasteiger partial charge in [-0.2, -0.15) is 0 Å². The van der Waals surface area contributed by atoms with E-state index in [4.69, 9.17) is 9.72 Å². The van der Waals surface area contributed by atoms with E-state index in [0.717, 1.165) is 50.2 Å². The maximum Gasteiger partial charge on any atom is 0.272 e. The lowest BCUT2D eigenvalue weighted by Crippen LogP contribution is -2.40. The lowest BCUT2D eigenvalue weighted by molar-refractivity contribution is -0.129. The highest BCUT2D eigenvalue weighted by Crippen LogP contribution is 2.31. The van der Waals surface area contributed by atoms with Crippen LogP contribution in [0.4, 0.5) is 0 Å². The van der Waals surface area contributed by atoms with Crippen molar-refractivity contribution in [3.63, 3.8) is 0 Å². The van der Waals surface area contributed by atoms with E-state index < -0.39 is 0 Å². The molecule has 0 aliphatic carbocycles. The highest BCUT2D eigenvalue weighted by Gasteiger charge is 2.26. The topological polar surface area (TPSA) is 64.4 Å². The molecule has 0 radical (unpaired) electrons. The van der Waals surface area contributed by atoms with Crippen LogP contribution < -0.4 is 10.3 Å². The first-order chi connectivity index (χ1) is 17.1. The molecule has 1 amide bonds. The molecule has 3 heterocycles. The van der Waals surface area contributed by atoms with Crippen LogP contribution in [-0.4, -0.2) is 52.1 Å². The van der Waals surface area contributed by atoms with Gasteiger partial charge in [-0.05, 0) is 42.9 Å². The number of rotatable bonds is 7. The third kappa shape index (κ3) is 5.43. The molecular formula is C27H29N3O3S2. The van der Waals surface area contributed by atoms with E-state index in [0.29, 0.717) is 27.4 Å². The summed E-state index contributed by atoms with van der Waals surface area (Å²) in [5.41, 5.74) is 2.84. The fourth-order valence-electron chi connectivity index (χ4n) is 4.72. The van der Waals surface area contributed by atoms with Crippen molar-refractivity contribution in [2.75, 3.05) is 31.7 Å². The Morgan fingerprint density at radius 1 is 1.14 bits per heavy atom. The molecule has 5 rings (SSSR count). The number of ether oxygens (including phenoxy) is 1. The largest absolute Gasteiger partial charge is 0.497 e. The van der Waals surface area contributed by atoms with E-state index in [9.17, 15) is 9.59 Å². The van der Waals surface area contributed by atoms with Gasteiger partial charge in [0.2, 0.25) is 5.91 Å². The molecule has 1 fully saturated rings. The van der Waals surface area contributed by atoms with Gasteiger partial charge < -0.3 is 9.64 Å². The van der Waals surface area contributed by atoms with Gasteiger partial charge in [-0.25, -0.2) is 4.98 Å². The summed E-state index contributed by atoms with van der Waals surface area (Å²) in [6, 6.07) is 18.0. The number of carbonyl (C=O) groups is 1. The van der Waals surface area contributed by atoms with Crippen LogP contribution in [0.15, 0.2) is 69.4 Å². The second kappa shape index (κ2) is 10.9. The van der Waals surface area contributed by atoms with Gasteiger partial charge in [-0.1, -0.05) is 48.2 Å². The van der Waals surface area contributed by atoms with E-state index in [-0.39, 0.29) is 17.2 Å². The Bertz CT molecular complexity index is 1250. The van der Waals surface area contributed by atoms with Crippen molar-refractivity contribution in [2.45, 2.75) is 35.7 Å². The average Bonchev–Trinajstić information content (AvgIpc) is 3.37. The number of benzene rings is 2. The summed E-state index contributed by atoms with van der Waals surface area (Å²) in [4.78, 5) is 33.9. The minimum Gasteiger partial charge on any atom is -0.497 e. The van der Waals surface area contributed by atoms with Crippen molar-refractivity contribution in [3.05, 3.63) is 76.2 Å². The number of aryl methyl sites for hydroxylation is 1. The van der Waals surface area contributed by atoms with E-state index >= 15 is 0 Å². The van der Waals surface area contributed by atoms with Gasteiger partial charge in [0.05, 0.1) is 29.1 Å². The molecule has 6 nitrogen and oxygen atoms in total. The molecule has 2 aliphatic heterocycles. The highest BCUT2D eigenvalue weighted by atomic mass is 32.2. The van der Waals surface area contributed by atoms with Gasteiger partial charge in [0.1, 0.15) is 5.75 Å². The van der Waals surface area contributed by atoms with Crippen LogP contribution in [0.25, 0.3) is 5.69 Å². The van der Waals surface area contributed by atoms with Gasteiger partial charge in [0.15, 0.2) is 5.16 Å². The van der Waals surface area contributed by atoms with Crippen molar-refractivity contribution in [3.8, 4) is 11.4 Å². The third-order valence-corrected chi connectivity index (χ3v) is 8.67. The maximum absolute atomic E-state index is 13.4. The van der Waals surface area contributed by atoms with Crippen LogP contribution in [0.2, 0.25) is 0 Å². The molecule has 35 heavy (non-hydrogen) atoms. The number of amides is 1. The Morgan fingerprint density at radius 2 is 1.94 bits per heavy atom. The Kier molecular flexibility index (Phi) is 7.48. The molecule has 1 saturated heterocycles. The number of nitrogens with zero attached hydrogens (tertiary/aromatic N) is 3. The zero-order valence-corrected chi connectivity index (χ0v) is 21.4. The molecule has 0 unspecified atom stereocenters. The highest BCUT2D eigenvalue weighted by molar-refractivity contribution is 8.00. The monoisotopic (exact) mass is 507 g/mol. The number of thioether (sulfide) groups is 2. The summed E-state index contributed by atoms with van der Waals surface area (Å²) in [5, 5.41) is 0.566. The van der Waals surface area contributed by atoms with Gasteiger partial charge in [-0.3, -0.25) is 14.2 Å². The fourth-order valence-corrected chi connectivity index (χ4v) is 6.67. The summed E-state index contributed by atoms with van der Waals surface area (Å²) in [5.74, 6) is 2.53. The van der Waals surface area contributed by atoms with Crippen molar-refractivity contribution < 1.29 is 9.53 Å². The summed E-state index contributed by atoms with van der Waals surface area (Å²) < 4.78 is 6.99. The molecule has 8 heteroatoms. The van der Waals surface area contributed by atoms with Gasteiger partial charge in [0, 0.05) is 31.3 Å². The van der Waals surface area contributed by atoms with Crippen LogP contribution >= 0.6 is 23.5 Å². The predicted octanol–water partition coefficient (Wildman–Crippen LogP) is 4.46. The summed E-state index contributed by atoms with van der Waals surface area (Å²) in [6.07, 6.45) is 3.90. The fraction of sp³-hybridized carbons (Fsp3) is 0.370. The Balaban J connectivity index is 1.28. The molecule has 0 N–H and O–H groups in total. The number of carbonyl (C=O) groups excluding carboxylic acids is 1. The minimum atomic E-state index is -0.0672. The molecular weight excluding hydrogens is 478 g/mol. The normalized spacial score (nSPS) is 15.7. The Labute approximate surface area is 214 Å². The number of aromatic nitrogens is 2. The van der Waals surface area contributed by atoms with Crippen LogP contribution in [0.5, 0.6) is 5.75 Å². The average molecular weight is 508 g/mol. The quantitative estimate of drug-likeness (QED) is 0.348. The van der Waals surface area contributed by atoms with Crippen LogP contribution in [0.1, 0.15) is 24.1 Å². The molecule has 0 spiro atoms. The minimum absolute atomic E-state index is 0.0672. The van der Waals surface area contributed by atoms with E-state index in [1.54, 1.807) is 23.4 Å². The number of hydrogen-bond acceptors (Lipinski definition) is 6. The molecule has 0 atom stereocenters. The molecule has 1 aromatic heterocycles. The first-order valence-electron chi connectivity index (χ1n) is 12.0. The molecule has 2 aliphatic rings. The van der Waals surface area contributed by atoms with Crippen molar-refractivity contribution in [1.29, 1.82) is 0 Å². The maximum atomic E-state index is 13.4. The van der Waals surface area contributed by atoms with Gasteiger partial charge in [0.25, 0.3) is 5.56 Å². The SMILES string of the molecule is COc1cccc(-n2c(SCC(=O)N3CCC(Cc4ccccc4)CC3)nc3c(c2=O)SCC3)c1. The summed E-state index contributed by atoms with van der Waals surface area (Å²) >= 11 is 2.91. The number of hydrogen-bond donors (Lipinski definition) is 0. The smallest absolute Gasteiger partial charge is 0.272 e. The molecule has 3 aromatic rings. The number of fused-ring (bicyclic) bond motifs is 1. The van der Waals surface area contributed by atoms with Crippen molar-refractivity contribution in [1.82, 2.24) is 14.5 Å². The molecule has 182 valence electrons. The zero-order valence-electron chi connectivity index (χ0n) is 19.8. The second-order valence-corrected chi connectivity index (χ2v) is 11.0. The van der Waals surface area contributed by atoms with Crippen molar-refractivity contribution >= 4 is 29.4 Å². The lowest BCUT2D eigenvalue weighted by atomic mass is 9.90. The summed E-state index contributed by atoms with van der Waals surface area (Å²) in [7, 11) is 1.61. The first kappa shape index (κ1) is 24.0. The third-order valence-electron chi connectivity index (χ3n) is 6.64. The standard InChI is InChI=1S/C27H29N3O3S2/c1-33-22-9-5-8-21(17-22)30-26(32)25-23(12-15-34-25)28-27(30)35-18-24(31)29-13-10-20(11-14-29)16-19-6-3-2-4-7-19/h2-9,17,20H,10-16,18H2,1H3.